The van der Waals surface area contributed by atoms with Gasteiger partial charge in [-0.3, -0.25) is 8.97 Å². The number of benzene rings is 2. The lowest BCUT2D eigenvalue weighted by Crippen LogP contribution is -2.24. The molecule has 0 unspecified atom stereocenters. The average Bonchev–Trinajstić information content (AvgIpc) is 3.36. The van der Waals surface area contributed by atoms with Crippen LogP contribution in [0.25, 0.3) is 22.5 Å². The summed E-state index contributed by atoms with van der Waals surface area (Å²) in [6.45, 7) is 4.11. The van der Waals surface area contributed by atoms with Gasteiger partial charge in [-0.15, -0.1) is 0 Å². The molecule has 1 aliphatic heterocycles. The molecule has 5 nitrogen and oxygen atoms in total. The third kappa shape index (κ3) is 2.20. The standard InChI is InChI=1S/C20H19N5/c1-2-22-11-12-23(15-22)16-7-9-17(10-8-16)24-13-14-25-19-6-4-3-5-18(19)21-20(24)25/h3-14H,2,15H2,1H3. The largest absolute Gasteiger partial charge is 0.359 e. The van der Waals surface area contributed by atoms with Crippen LogP contribution in [0.1, 0.15) is 6.92 Å². The van der Waals surface area contributed by atoms with Crippen LogP contribution in [0.2, 0.25) is 0 Å². The van der Waals surface area contributed by atoms with Gasteiger partial charge in [0.05, 0.1) is 17.7 Å². The molecule has 4 aromatic rings. The van der Waals surface area contributed by atoms with E-state index in [1.165, 1.54) is 5.69 Å². The number of imidazole rings is 2. The number of hydrogen-bond acceptors (Lipinski definition) is 3. The number of anilines is 1. The van der Waals surface area contributed by atoms with Crippen molar-refractivity contribution in [3.63, 3.8) is 0 Å². The molecule has 0 N–H and O–H groups in total. The SMILES string of the molecule is CCN1C=CN(c2ccc(-n3ccn4c5ccccc5nc34)cc2)C1. The summed E-state index contributed by atoms with van der Waals surface area (Å²) in [5, 5.41) is 0. The van der Waals surface area contributed by atoms with Gasteiger partial charge in [0, 0.05) is 42.7 Å². The van der Waals surface area contributed by atoms with Gasteiger partial charge in [-0.1, -0.05) is 12.1 Å². The molecule has 5 heteroatoms. The third-order valence-corrected chi connectivity index (χ3v) is 4.81. The normalized spacial score (nSPS) is 14.3. The molecule has 2 aromatic heterocycles. The van der Waals surface area contributed by atoms with E-state index in [1.54, 1.807) is 0 Å². The van der Waals surface area contributed by atoms with E-state index in [2.05, 4.69) is 86.9 Å². The molecular weight excluding hydrogens is 310 g/mol. The number of nitrogens with zero attached hydrogens (tertiary/aromatic N) is 5. The summed E-state index contributed by atoms with van der Waals surface area (Å²) in [4.78, 5) is 9.30. The summed E-state index contributed by atoms with van der Waals surface area (Å²) in [5.41, 5.74) is 4.47. The molecule has 124 valence electrons. The predicted octanol–water partition coefficient (Wildman–Crippen LogP) is 3.85. The Bertz CT molecular complexity index is 1070. The van der Waals surface area contributed by atoms with E-state index in [-0.39, 0.29) is 0 Å². The van der Waals surface area contributed by atoms with Crippen molar-refractivity contribution in [2.24, 2.45) is 0 Å². The van der Waals surface area contributed by atoms with Gasteiger partial charge < -0.3 is 9.80 Å². The Kier molecular flexibility index (Phi) is 3.06. The number of hydrogen-bond donors (Lipinski definition) is 0. The molecule has 0 saturated heterocycles. The second-order valence-corrected chi connectivity index (χ2v) is 6.27. The summed E-state index contributed by atoms with van der Waals surface area (Å²) in [5.74, 6) is 0.937. The van der Waals surface area contributed by atoms with Crippen molar-refractivity contribution in [3.8, 4) is 5.69 Å². The summed E-state index contributed by atoms with van der Waals surface area (Å²) in [6, 6.07) is 16.9. The number of fused-ring (bicyclic) bond motifs is 3. The van der Waals surface area contributed by atoms with Crippen molar-refractivity contribution in [2.45, 2.75) is 6.92 Å². The molecule has 0 amide bonds. The van der Waals surface area contributed by atoms with Gasteiger partial charge >= 0.3 is 0 Å². The molecule has 0 spiro atoms. The van der Waals surface area contributed by atoms with E-state index >= 15 is 0 Å². The van der Waals surface area contributed by atoms with Gasteiger partial charge in [-0.25, -0.2) is 4.98 Å². The van der Waals surface area contributed by atoms with Gasteiger partial charge in [0.15, 0.2) is 0 Å². The van der Waals surface area contributed by atoms with Crippen LogP contribution in [0, 0.1) is 0 Å². The molecule has 3 heterocycles. The molecule has 2 aromatic carbocycles. The van der Waals surface area contributed by atoms with E-state index in [0.29, 0.717) is 0 Å². The topological polar surface area (TPSA) is 28.7 Å². The minimum Gasteiger partial charge on any atom is -0.359 e. The maximum Gasteiger partial charge on any atom is 0.219 e. The quantitative estimate of drug-likeness (QED) is 0.572. The first-order valence-corrected chi connectivity index (χ1v) is 8.57. The maximum atomic E-state index is 4.77. The molecule has 0 fully saturated rings. The van der Waals surface area contributed by atoms with Crippen LogP contribution in [0.5, 0.6) is 0 Å². The Labute approximate surface area is 146 Å². The summed E-state index contributed by atoms with van der Waals surface area (Å²) < 4.78 is 4.26. The Balaban J connectivity index is 1.51. The summed E-state index contributed by atoms with van der Waals surface area (Å²) in [7, 11) is 0. The summed E-state index contributed by atoms with van der Waals surface area (Å²) >= 11 is 0. The van der Waals surface area contributed by atoms with Crippen molar-refractivity contribution in [3.05, 3.63) is 73.3 Å². The predicted molar refractivity (Wildman–Crippen MR) is 101 cm³/mol. The van der Waals surface area contributed by atoms with Crippen LogP contribution in [0.3, 0.4) is 0 Å². The number of aromatic nitrogens is 3. The Morgan fingerprint density at radius 3 is 2.52 bits per heavy atom. The second-order valence-electron chi connectivity index (χ2n) is 6.27. The van der Waals surface area contributed by atoms with Gasteiger partial charge in [0.25, 0.3) is 0 Å². The number of rotatable bonds is 3. The van der Waals surface area contributed by atoms with Crippen LogP contribution in [0.15, 0.2) is 73.3 Å². The molecule has 0 saturated carbocycles. The lowest BCUT2D eigenvalue weighted by molar-refractivity contribution is 0.429. The fourth-order valence-electron chi connectivity index (χ4n) is 3.39. The fraction of sp³-hybridized carbons (Fsp3) is 0.150. The van der Waals surface area contributed by atoms with Crippen molar-refractivity contribution in [1.82, 2.24) is 18.9 Å². The molecule has 0 bridgehead atoms. The van der Waals surface area contributed by atoms with Crippen LogP contribution >= 0.6 is 0 Å². The first-order chi connectivity index (χ1) is 12.3. The average molecular weight is 329 g/mol. The van der Waals surface area contributed by atoms with E-state index in [1.807, 2.05) is 12.1 Å². The van der Waals surface area contributed by atoms with Gasteiger partial charge in [-0.2, -0.15) is 0 Å². The molecular formula is C20H19N5. The zero-order chi connectivity index (χ0) is 16.8. The highest BCUT2D eigenvalue weighted by Crippen LogP contribution is 2.24. The van der Waals surface area contributed by atoms with Gasteiger partial charge in [0.1, 0.15) is 0 Å². The van der Waals surface area contributed by atoms with Gasteiger partial charge in [0.2, 0.25) is 5.78 Å². The highest BCUT2D eigenvalue weighted by molar-refractivity contribution is 5.80. The minimum absolute atomic E-state index is 0.912. The van der Waals surface area contributed by atoms with E-state index in [4.69, 9.17) is 4.98 Å². The second kappa shape index (κ2) is 5.41. The van der Waals surface area contributed by atoms with Crippen LogP contribution in [-0.2, 0) is 0 Å². The molecule has 0 aliphatic carbocycles. The third-order valence-electron chi connectivity index (χ3n) is 4.81. The lowest BCUT2D eigenvalue weighted by atomic mass is 10.2. The maximum absolute atomic E-state index is 4.77. The lowest BCUT2D eigenvalue weighted by Gasteiger charge is -2.20. The van der Waals surface area contributed by atoms with Crippen molar-refractivity contribution in [2.75, 3.05) is 18.1 Å². The van der Waals surface area contributed by atoms with E-state index in [0.717, 1.165) is 35.7 Å². The molecule has 1 aliphatic rings. The smallest absolute Gasteiger partial charge is 0.219 e. The minimum atomic E-state index is 0.912. The zero-order valence-corrected chi connectivity index (χ0v) is 14.1. The van der Waals surface area contributed by atoms with Crippen molar-refractivity contribution >= 4 is 22.5 Å². The molecule has 5 rings (SSSR count). The first-order valence-electron chi connectivity index (χ1n) is 8.57. The summed E-state index contributed by atoms with van der Waals surface area (Å²) in [6.07, 6.45) is 8.41. The van der Waals surface area contributed by atoms with Crippen molar-refractivity contribution in [1.29, 1.82) is 0 Å². The van der Waals surface area contributed by atoms with Crippen LogP contribution < -0.4 is 4.90 Å². The first kappa shape index (κ1) is 14.2. The molecule has 25 heavy (non-hydrogen) atoms. The Hall–Kier alpha value is -3.21. The highest BCUT2D eigenvalue weighted by atomic mass is 15.3. The van der Waals surface area contributed by atoms with Crippen LogP contribution in [0.4, 0.5) is 5.69 Å². The van der Waals surface area contributed by atoms with Gasteiger partial charge in [-0.05, 0) is 43.3 Å². The van der Waals surface area contributed by atoms with E-state index in [9.17, 15) is 0 Å². The zero-order valence-electron chi connectivity index (χ0n) is 14.1. The highest BCUT2D eigenvalue weighted by Gasteiger charge is 2.13. The Morgan fingerprint density at radius 2 is 1.72 bits per heavy atom. The fourth-order valence-corrected chi connectivity index (χ4v) is 3.39. The van der Waals surface area contributed by atoms with Crippen molar-refractivity contribution < 1.29 is 0 Å². The Morgan fingerprint density at radius 1 is 0.920 bits per heavy atom. The van der Waals surface area contributed by atoms with E-state index < -0.39 is 0 Å². The monoisotopic (exact) mass is 329 g/mol. The molecule has 0 radical (unpaired) electrons. The molecule has 0 atom stereocenters. The van der Waals surface area contributed by atoms with Crippen LogP contribution in [-0.4, -0.2) is 32.1 Å². The number of para-hydroxylation sites is 2.